The van der Waals surface area contributed by atoms with E-state index >= 15 is 0 Å². The number of hydrogen-bond acceptors (Lipinski definition) is 4. The average molecular weight is 309 g/mol. The Balaban J connectivity index is 2.19. The van der Waals surface area contributed by atoms with Gasteiger partial charge in [-0.15, -0.1) is 0 Å². The van der Waals surface area contributed by atoms with Gasteiger partial charge in [-0.1, -0.05) is 0 Å². The normalized spacial score (nSPS) is 17.2. The summed E-state index contributed by atoms with van der Waals surface area (Å²) in [5, 5.41) is 3.30. The number of halogens is 1. The molecule has 5 nitrogen and oxygen atoms in total. The highest BCUT2D eigenvalue weighted by Gasteiger charge is 2.18. The van der Waals surface area contributed by atoms with Gasteiger partial charge in [-0.25, -0.2) is 9.97 Å². The van der Waals surface area contributed by atoms with Crippen molar-refractivity contribution in [2.24, 2.45) is 0 Å². The van der Waals surface area contributed by atoms with Crippen LogP contribution < -0.4 is 10.9 Å². The number of aromatic nitrogens is 3. The standard InChI is InChI=1S/C12H13BrN4O/c13-8-5-10-12(16-6-8)17(11(18)7-15-10)9-1-3-14-4-2-9/h5-7,9,14H,1-4H2. The van der Waals surface area contributed by atoms with Gasteiger partial charge in [-0.2, -0.15) is 0 Å². The van der Waals surface area contributed by atoms with Crippen LogP contribution in [-0.2, 0) is 0 Å². The molecule has 3 heterocycles. The molecule has 1 aliphatic heterocycles. The smallest absolute Gasteiger partial charge is 0.270 e. The molecule has 2 aromatic heterocycles. The van der Waals surface area contributed by atoms with Gasteiger partial charge in [-0.3, -0.25) is 9.36 Å². The molecule has 0 aromatic carbocycles. The van der Waals surface area contributed by atoms with Crippen LogP contribution in [0.3, 0.4) is 0 Å². The van der Waals surface area contributed by atoms with Crippen molar-refractivity contribution in [2.75, 3.05) is 13.1 Å². The van der Waals surface area contributed by atoms with Crippen molar-refractivity contribution in [1.29, 1.82) is 0 Å². The van der Waals surface area contributed by atoms with Gasteiger partial charge in [0.25, 0.3) is 5.56 Å². The van der Waals surface area contributed by atoms with Crippen LogP contribution in [-0.4, -0.2) is 27.6 Å². The summed E-state index contributed by atoms with van der Waals surface area (Å²) in [6.07, 6.45) is 5.01. The summed E-state index contributed by atoms with van der Waals surface area (Å²) in [4.78, 5) is 20.6. The molecule has 1 N–H and O–H groups in total. The van der Waals surface area contributed by atoms with Crippen LogP contribution in [0.25, 0.3) is 11.2 Å². The predicted molar refractivity (Wildman–Crippen MR) is 72.6 cm³/mol. The minimum absolute atomic E-state index is 0.0655. The number of fused-ring (bicyclic) bond motifs is 1. The summed E-state index contributed by atoms with van der Waals surface area (Å²) >= 11 is 3.37. The molecule has 1 aliphatic rings. The number of nitrogens with zero attached hydrogens (tertiary/aromatic N) is 3. The number of piperidine rings is 1. The third-order valence-electron chi connectivity index (χ3n) is 3.27. The Hall–Kier alpha value is -1.27. The van der Waals surface area contributed by atoms with E-state index in [1.807, 2.05) is 6.07 Å². The average Bonchev–Trinajstić information content (AvgIpc) is 2.40. The van der Waals surface area contributed by atoms with E-state index in [1.54, 1.807) is 10.8 Å². The molecule has 18 heavy (non-hydrogen) atoms. The molecule has 0 atom stereocenters. The summed E-state index contributed by atoms with van der Waals surface area (Å²) in [5.74, 6) is 0. The minimum Gasteiger partial charge on any atom is -0.317 e. The van der Waals surface area contributed by atoms with Crippen LogP contribution in [0.15, 0.2) is 27.7 Å². The molecule has 6 heteroatoms. The van der Waals surface area contributed by atoms with Crippen LogP contribution in [0.5, 0.6) is 0 Å². The molecule has 0 aliphatic carbocycles. The summed E-state index contributed by atoms with van der Waals surface area (Å²) in [5.41, 5.74) is 1.37. The topological polar surface area (TPSA) is 59.8 Å². The molecule has 0 saturated carbocycles. The van der Waals surface area contributed by atoms with Gasteiger partial charge < -0.3 is 5.32 Å². The molecule has 94 valence electrons. The maximum Gasteiger partial charge on any atom is 0.270 e. The monoisotopic (exact) mass is 308 g/mol. The quantitative estimate of drug-likeness (QED) is 0.867. The van der Waals surface area contributed by atoms with Crippen molar-refractivity contribution in [3.63, 3.8) is 0 Å². The van der Waals surface area contributed by atoms with Crippen molar-refractivity contribution in [3.05, 3.63) is 33.3 Å². The lowest BCUT2D eigenvalue weighted by Gasteiger charge is -2.25. The van der Waals surface area contributed by atoms with Crippen molar-refractivity contribution in [3.8, 4) is 0 Å². The fraction of sp³-hybridized carbons (Fsp3) is 0.417. The minimum atomic E-state index is -0.0655. The van der Waals surface area contributed by atoms with E-state index in [-0.39, 0.29) is 11.6 Å². The lowest BCUT2D eigenvalue weighted by atomic mass is 10.1. The molecule has 0 spiro atoms. The van der Waals surface area contributed by atoms with Crippen LogP contribution in [0.4, 0.5) is 0 Å². The number of rotatable bonds is 1. The van der Waals surface area contributed by atoms with E-state index in [9.17, 15) is 4.79 Å². The molecule has 0 radical (unpaired) electrons. The second kappa shape index (κ2) is 4.78. The van der Waals surface area contributed by atoms with E-state index in [0.717, 1.165) is 35.9 Å². The second-order valence-electron chi connectivity index (χ2n) is 4.44. The zero-order chi connectivity index (χ0) is 12.5. The fourth-order valence-corrected chi connectivity index (χ4v) is 2.73. The van der Waals surface area contributed by atoms with Gasteiger partial charge in [0.15, 0.2) is 5.65 Å². The van der Waals surface area contributed by atoms with Crippen molar-refractivity contribution in [2.45, 2.75) is 18.9 Å². The molecule has 0 bridgehead atoms. The number of pyridine rings is 1. The van der Waals surface area contributed by atoms with Crippen LogP contribution in [0.1, 0.15) is 18.9 Å². The molecule has 0 unspecified atom stereocenters. The van der Waals surface area contributed by atoms with Crippen LogP contribution in [0.2, 0.25) is 0 Å². The van der Waals surface area contributed by atoms with E-state index in [1.165, 1.54) is 6.20 Å². The Bertz CT molecular complexity index is 634. The Morgan fingerprint density at radius 3 is 2.83 bits per heavy atom. The second-order valence-corrected chi connectivity index (χ2v) is 5.36. The Kier molecular flexibility index (Phi) is 3.13. The Morgan fingerprint density at radius 2 is 2.06 bits per heavy atom. The summed E-state index contributed by atoms with van der Waals surface area (Å²) in [7, 11) is 0. The number of nitrogens with one attached hydrogen (secondary N) is 1. The van der Waals surface area contributed by atoms with Gasteiger partial charge in [0.1, 0.15) is 5.52 Å². The molecule has 1 saturated heterocycles. The lowest BCUT2D eigenvalue weighted by Crippen LogP contribution is -2.34. The summed E-state index contributed by atoms with van der Waals surface area (Å²) in [6.45, 7) is 1.88. The zero-order valence-electron chi connectivity index (χ0n) is 9.77. The van der Waals surface area contributed by atoms with E-state index in [4.69, 9.17) is 0 Å². The van der Waals surface area contributed by atoms with Gasteiger partial charge in [0.05, 0.1) is 6.20 Å². The maximum absolute atomic E-state index is 12.0. The first-order valence-electron chi connectivity index (χ1n) is 5.99. The summed E-state index contributed by atoms with van der Waals surface area (Å²) < 4.78 is 2.66. The van der Waals surface area contributed by atoms with Gasteiger partial charge >= 0.3 is 0 Å². The van der Waals surface area contributed by atoms with Gasteiger partial charge in [0.2, 0.25) is 0 Å². The SMILES string of the molecule is O=c1cnc2cc(Br)cnc2n1C1CCNCC1. The van der Waals surface area contributed by atoms with Crippen molar-refractivity contribution in [1.82, 2.24) is 19.9 Å². The highest BCUT2D eigenvalue weighted by molar-refractivity contribution is 9.10. The third kappa shape index (κ3) is 2.06. The molecular weight excluding hydrogens is 296 g/mol. The van der Waals surface area contributed by atoms with Crippen LogP contribution in [0, 0.1) is 0 Å². The molecular formula is C12H13BrN4O. The molecule has 1 fully saturated rings. The van der Waals surface area contributed by atoms with Crippen molar-refractivity contribution < 1.29 is 0 Å². The summed E-state index contributed by atoms with van der Waals surface area (Å²) in [6, 6.07) is 2.11. The highest BCUT2D eigenvalue weighted by Crippen LogP contribution is 2.21. The maximum atomic E-state index is 12.0. The molecule has 0 amide bonds. The van der Waals surface area contributed by atoms with E-state index in [2.05, 4.69) is 31.2 Å². The largest absolute Gasteiger partial charge is 0.317 e. The first-order chi connectivity index (χ1) is 8.75. The first-order valence-corrected chi connectivity index (χ1v) is 6.78. The van der Waals surface area contributed by atoms with Crippen LogP contribution >= 0.6 is 15.9 Å². The third-order valence-corrected chi connectivity index (χ3v) is 3.70. The van der Waals surface area contributed by atoms with E-state index in [0.29, 0.717) is 5.65 Å². The molecule has 3 rings (SSSR count). The highest BCUT2D eigenvalue weighted by atomic mass is 79.9. The predicted octanol–water partition coefficient (Wildman–Crippen LogP) is 1.48. The van der Waals surface area contributed by atoms with Gasteiger partial charge in [0, 0.05) is 16.7 Å². The van der Waals surface area contributed by atoms with Gasteiger partial charge in [-0.05, 0) is 47.9 Å². The number of hydrogen-bond donors (Lipinski definition) is 1. The Labute approximate surface area is 112 Å². The fourth-order valence-electron chi connectivity index (χ4n) is 2.41. The molecule has 2 aromatic rings. The Morgan fingerprint density at radius 1 is 1.28 bits per heavy atom. The van der Waals surface area contributed by atoms with E-state index < -0.39 is 0 Å². The van der Waals surface area contributed by atoms with Crippen molar-refractivity contribution >= 4 is 27.1 Å². The zero-order valence-corrected chi connectivity index (χ0v) is 11.4. The lowest BCUT2D eigenvalue weighted by molar-refractivity contribution is 0.367. The first kappa shape index (κ1) is 11.8.